The molecule has 2 amide bonds. The number of carbonyl (C=O) groups excluding carboxylic acids is 2. The van der Waals surface area contributed by atoms with Crippen LogP contribution in [0.4, 0.5) is 0 Å². The summed E-state index contributed by atoms with van der Waals surface area (Å²) in [6.07, 6.45) is -4.69. The monoisotopic (exact) mass is 417 g/mol. The average molecular weight is 417 g/mol. The minimum absolute atomic E-state index is 0.0466. The van der Waals surface area contributed by atoms with E-state index in [0.29, 0.717) is 0 Å². The first-order valence-corrected chi connectivity index (χ1v) is 9.25. The molecule has 0 aliphatic carbocycles. The molecule has 0 radical (unpaired) electrons. The summed E-state index contributed by atoms with van der Waals surface area (Å²) in [6.45, 7) is -0.415. The van der Waals surface area contributed by atoms with Gasteiger partial charge in [-0.25, -0.2) is 4.79 Å². The van der Waals surface area contributed by atoms with Gasteiger partial charge in [-0.3, -0.25) is 28.8 Å². The van der Waals surface area contributed by atoms with E-state index in [0.717, 1.165) is 15.7 Å². The van der Waals surface area contributed by atoms with E-state index in [1.54, 1.807) is 24.3 Å². The van der Waals surface area contributed by atoms with Crippen LogP contribution in [0.2, 0.25) is 0 Å². The van der Waals surface area contributed by atoms with Gasteiger partial charge >= 0.3 is 5.69 Å². The predicted molar refractivity (Wildman–Crippen MR) is 99.8 cm³/mol. The first kappa shape index (κ1) is 20.2. The number of nitrogens with one attached hydrogen (secondary N) is 1. The number of benzene rings is 1. The predicted octanol–water partition coefficient (Wildman–Crippen LogP) is -2.01. The molecule has 30 heavy (non-hydrogen) atoms. The highest BCUT2D eigenvalue weighted by Gasteiger charge is 2.39. The SMILES string of the molecule is O=C1c2ccccc2C(=O)N1CCc1cn(C2OC[C@@H](O)[C@@H](O)[C@H]2O)c(=O)[nH]c1=O. The van der Waals surface area contributed by atoms with Crippen molar-refractivity contribution in [3.63, 3.8) is 0 Å². The first-order chi connectivity index (χ1) is 14.3. The molecule has 11 nitrogen and oxygen atoms in total. The molecule has 1 fully saturated rings. The Morgan fingerprint density at radius 1 is 1.00 bits per heavy atom. The Hall–Kier alpha value is -3.12. The molecule has 2 aliphatic rings. The van der Waals surface area contributed by atoms with Gasteiger partial charge < -0.3 is 20.1 Å². The molecule has 4 atom stereocenters. The molecule has 11 heteroatoms. The zero-order chi connectivity index (χ0) is 21.6. The van der Waals surface area contributed by atoms with Crippen LogP contribution in [-0.2, 0) is 11.2 Å². The quantitative estimate of drug-likeness (QED) is 0.415. The summed E-state index contributed by atoms with van der Waals surface area (Å²) in [5.41, 5.74) is -0.946. The molecule has 1 unspecified atom stereocenters. The number of ether oxygens (including phenoxy) is 1. The van der Waals surface area contributed by atoms with Crippen LogP contribution in [0.1, 0.15) is 32.5 Å². The molecule has 1 aromatic heterocycles. The number of aromatic nitrogens is 2. The van der Waals surface area contributed by atoms with Crippen molar-refractivity contribution in [1.29, 1.82) is 0 Å². The Morgan fingerprint density at radius 3 is 2.27 bits per heavy atom. The summed E-state index contributed by atoms with van der Waals surface area (Å²) in [4.78, 5) is 52.4. The Kier molecular flexibility index (Phi) is 5.12. The molecular weight excluding hydrogens is 398 g/mol. The number of hydrogen-bond donors (Lipinski definition) is 4. The number of aromatic amines is 1. The van der Waals surface area contributed by atoms with Crippen molar-refractivity contribution in [1.82, 2.24) is 14.5 Å². The maximum absolute atomic E-state index is 12.5. The summed E-state index contributed by atoms with van der Waals surface area (Å²) >= 11 is 0. The van der Waals surface area contributed by atoms with Crippen LogP contribution in [0.15, 0.2) is 40.1 Å². The fraction of sp³-hybridized carbons (Fsp3) is 0.368. The van der Waals surface area contributed by atoms with E-state index in [9.17, 15) is 34.5 Å². The van der Waals surface area contributed by atoms with E-state index in [-0.39, 0.29) is 36.3 Å². The molecule has 3 heterocycles. The van der Waals surface area contributed by atoms with Gasteiger partial charge in [0.25, 0.3) is 17.4 Å². The van der Waals surface area contributed by atoms with Crippen LogP contribution >= 0.6 is 0 Å². The van der Waals surface area contributed by atoms with E-state index in [2.05, 4.69) is 4.98 Å². The zero-order valence-corrected chi connectivity index (χ0v) is 15.6. The number of aliphatic hydroxyl groups excluding tert-OH is 3. The molecule has 1 aromatic carbocycles. The third-order valence-electron chi connectivity index (χ3n) is 5.27. The number of carbonyl (C=O) groups is 2. The topological polar surface area (TPSA) is 162 Å². The van der Waals surface area contributed by atoms with Gasteiger partial charge in [0.15, 0.2) is 6.23 Å². The van der Waals surface area contributed by atoms with Crippen LogP contribution in [0.5, 0.6) is 0 Å². The highest BCUT2D eigenvalue weighted by atomic mass is 16.5. The maximum Gasteiger partial charge on any atom is 0.330 e. The van der Waals surface area contributed by atoms with E-state index < -0.39 is 47.6 Å². The maximum atomic E-state index is 12.5. The average Bonchev–Trinajstić information content (AvgIpc) is 2.97. The van der Waals surface area contributed by atoms with Crippen molar-refractivity contribution in [2.24, 2.45) is 0 Å². The van der Waals surface area contributed by atoms with Crippen molar-refractivity contribution >= 4 is 11.8 Å². The summed E-state index contributed by atoms with van der Waals surface area (Å²) < 4.78 is 6.15. The van der Waals surface area contributed by atoms with E-state index in [1.807, 2.05) is 0 Å². The first-order valence-electron chi connectivity index (χ1n) is 9.25. The summed E-state index contributed by atoms with van der Waals surface area (Å²) in [6, 6.07) is 6.39. The van der Waals surface area contributed by atoms with E-state index >= 15 is 0 Å². The second kappa shape index (κ2) is 7.61. The molecule has 158 valence electrons. The lowest BCUT2D eigenvalue weighted by Crippen LogP contribution is -2.53. The Bertz CT molecular complexity index is 1090. The highest BCUT2D eigenvalue weighted by molar-refractivity contribution is 6.21. The minimum Gasteiger partial charge on any atom is -0.388 e. The van der Waals surface area contributed by atoms with Crippen LogP contribution in [0.3, 0.4) is 0 Å². The second-order valence-corrected chi connectivity index (χ2v) is 7.15. The van der Waals surface area contributed by atoms with Crippen molar-refractivity contribution in [2.45, 2.75) is 31.0 Å². The summed E-state index contributed by atoms with van der Waals surface area (Å²) in [5, 5.41) is 29.5. The van der Waals surface area contributed by atoms with Crippen molar-refractivity contribution < 1.29 is 29.6 Å². The minimum atomic E-state index is -1.61. The van der Waals surface area contributed by atoms with E-state index in [4.69, 9.17) is 4.74 Å². The highest BCUT2D eigenvalue weighted by Crippen LogP contribution is 2.24. The van der Waals surface area contributed by atoms with Gasteiger partial charge in [-0.15, -0.1) is 0 Å². The third kappa shape index (κ3) is 3.27. The molecule has 1 saturated heterocycles. The van der Waals surface area contributed by atoms with Crippen LogP contribution in [-0.4, -0.2) is 73.0 Å². The third-order valence-corrected chi connectivity index (χ3v) is 5.27. The normalized spacial score (nSPS) is 26.2. The van der Waals surface area contributed by atoms with Crippen molar-refractivity contribution in [3.8, 4) is 0 Å². The lowest BCUT2D eigenvalue weighted by Gasteiger charge is -2.35. The summed E-state index contributed by atoms with van der Waals surface area (Å²) in [7, 11) is 0. The molecule has 4 rings (SSSR count). The molecule has 0 saturated carbocycles. The van der Waals surface area contributed by atoms with Crippen LogP contribution in [0.25, 0.3) is 0 Å². The number of imide groups is 1. The van der Waals surface area contributed by atoms with Crippen LogP contribution < -0.4 is 11.2 Å². The number of fused-ring (bicyclic) bond motifs is 1. The lowest BCUT2D eigenvalue weighted by molar-refractivity contribution is -0.212. The Labute approximate surface area is 168 Å². The van der Waals surface area contributed by atoms with Crippen LogP contribution in [0, 0.1) is 0 Å². The molecule has 2 aliphatic heterocycles. The number of amides is 2. The molecule has 4 N–H and O–H groups in total. The molecule has 0 spiro atoms. The van der Waals surface area contributed by atoms with Gasteiger partial charge in [0.05, 0.1) is 17.7 Å². The second-order valence-electron chi connectivity index (χ2n) is 7.15. The largest absolute Gasteiger partial charge is 0.388 e. The summed E-state index contributed by atoms with van der Waals surface area (Å²) in [5.74, 6) is -0.938. The number of H-pyrrole nitrogens is 1. The van der Waals surface area contributed by atoms with Gasteiger partial charge in [-0.05, 0) is 18.6 Å². The van der Waals surface area contributed by atoms with Gasteiger partial charge in [-0.1, -0.05) is 12.1 Å². The Morgan fingerprint density at radius 2 is 1.63 bits per heavy atom. The van der Waals surface area contributed by atoms with Gasteiger partial charge in [0, 0.05) is 18.3 Å². The Balaban J connectivity index is 1.57. The zero-order valence-electron chi connectivity index (χ0n) is 15.6. The molecule has 2 aromatic rings. The molecular formula is C19H19N3O8. The fourth-order valence-corrected chi connectivity index (χ4v) is 3.60. The fourth-order valence-electron chi connectivity index (χ4n) is 3.60. The number of aliphatic hydroxyl groups is 3. The van der Waals surface area contributed by atoms with Crippen molar-refractivity contribution in [2.75, 3.05) is 13.2 Å². The number of rotatable bonds is 4. The van der Waals surface area contributed by atoms with Gasteiger partial charge in [0.1, 0.15) is 18.3 Å². The van der Waals surface area contributed by atoms with Gasteiger partial charge in [0.2, 0.25) is 0 Å². The van der Waals surface area contributed by atoms with Gasteiger partial charge in [-0.2, -0.15) is 0 Å². The number of hydrogen-bond acceptors (Lipinski definition) is 8. The number of nitrogens with zero attached hydrogens (tertiary/aromatic N) is 2. The lowest BCUT2D eigenvalue weighted by atomic mass is 10.0. The smallest absolute Gasteiger partial charge is 0.330 e. The molecule has 0 bridgehead atoms. The van der Waals surface area contributed by atoms with E-state index in [1.165, 1.54) is 0 Å². The van der Waals surface area contributed by atoms with Crippen molar-refractivity contribution in [3.05, 3.63) is 68.0 Å². The standard InChI is InChI=1S/C19H19N3O8/c23-12-8-30-18(14(25)13(12)24)22-7-9(15(26)20-19(22)29)5-6-21-16(27)10-3-1-2-4-11(10)17(21)28/h1-4,7,12-14,18,23-25H,5-6,8H2,(H,20,26,29)/t12-,13-,14-,18?/m1/s1.